The van der Waals surface area contributed by atoms with E-state index in [0.717, 1.165) is 18.1 Å². The smallest absolute Gasteiger partial charge is 0.0239 e. The maximum atomic E-state index is 3.49. The van der Waals surface area contributed by atoms with Gasteiger partial charge in [0.05, 0.1) is 0 Å². The predicted octanol–water partition coefficient (Wildman–Crippen LogP) is 0.127. The van der Waals surface area contributed by atoms with Crippen molar-refractivity contribution in [2.45, 2.75) is 37.4 Å². The summed E-state index contributed by atoms with van der Waals surface area (Å²) in [7, 11) is 2.27. The van der Waals surface area contributed by atoms with Crippen molar-refractivity contribution in [1.82, 2.24) is 15.1 Å². The second-order valence-corrected chi connectivity index (χ2v) is 5.20. The summed E-state index contributed by atoms with van der Waals surface area (Å²) < 4.78 is 0. The SMILES string of the molecule is CN1CC2CCC(C1)N2[C@@H]1CCNC1. The average Bonchev–Trinajstić information content (AvgIpc) is 2.72. The van der Waals surface area contributed by atoms with Gasteiger partial charge in [0.25, 0.3) is 0 Å². The number of likely N-dealkylation sites (tertiary alicyclic amines) is 1. The van der Waals surface area contributed by atoms with Gasteiger partial charge in [-0.3, -0.25) is 4.90 Å². The van der Waals surface area contributed by atoms with Crippen molar-refractivity contribution < 1.29 is 0 Å². The van der Waals surface area contributed by atoms with Crippen molar-refractivity contribution in [2.75, 3.05) is 33.2 Å². The minimum atomic E-state index is 0.848. The van der Waals surface area contributed by atoms with Crippen molar-refractivity contribution in [3.05, 3.63) is 0 Å². The van der Waals surface area contributed by atoms with E-state index in [9.17, 15) is 0 Å². The lowest BCUT2D eigenvalue weighted by molar-refractivity contribution is 0.0509. The Morgan fingerprint density at radius 1 is 1.00 bits per heavy atom. The first kappa shape index (κ1) is 9.13. The van der Waals surface area contributed by atoms with Crippen molar-refractivity contribution >= 4 is 0 Å². The molecule has 3 saturated heterocycles. The number of hydrogen-bond acceptors (Lipinski definition) is 3. The first-order valence-corrected chi connectivity index (χ1v) is 6.01. The van der Waals surface area contributed by atoms with Gasteiger partial charge in [0, 0.05) is 37.8 Å². The van der Waals surface area contributed by atoms with Crippen LogP contribution in [0.4, 0.5) is 0 Å². The third-order valence-corrected chi connectivity index (χ3v) is 4.18. The molecule has 3 heterocycles. The molecule has 0 saturated carbocycles. The van der Waals surface area contributed by atoms with E-state index in [4.69, 9.17) is 0 Å². The summed E-state index contributed by atoms with van der Waals surface area (Å²) >= 11 is 0. The quantitative estimate of drug-likeness (QED) is 0.641. The fourth-order valence-corrected chi connectivity index (χ4v) is 3.64. The van der Waals surface area contributed by atoms with Gasteiger partial charge in [-0.05, 0) is 32.9 Å². The Kier molecular flexibility index (Phi) is 2.26. The molecule has 14 heavy (non-hydrogen) atoms. The molecule has 3 atom stereocenters. The first-order valence-electron chi connectivity index (χ1n) is 6.01. The highest BCUT2D eigenvalue weighted by Crippen LogP contribution is 2.32. The zero-order chi connectivity index (χ0) is 9.54. The van der Waals surface area contributed by atoms with E-state index in [2.05, 4.69) is 22.2 Å². The molecule has 3 rings (SSSR count). The van der Waals surface area contributed by atoms with Crippen molar-refractivity contribution in [3.63, 3.8) is 0 Å². The number of hydrogen-bond donors (Lipinski definition) is 1. The summed E-state index contributed by atoms with van der Waals surface area (Å²) in [5.74, 6) is 0. The van der Waals surface area contributed by atoms with Gasteiger partial charge in [0.1, 0.15) is 0 Å². The number of likely N-dealkylation sites (N-methyl/N-ethyl adjacent to an activating group) is 1. The van der Waals surface area contributed by atoms with E-state index in [1.54, 1.807) is 0 Å². The Morgan fingerprint density at radius 3 is 2.29 bits per heavy atom. The highest BCUT2D eigenvalue weighted by molar-refractivity contribution is 4.99. The monoisotopic (exact) mass is 195 g/mol. The number of fused-ring (bicyclic) bond motifs is 2. The van der Waals surface area contributed by atoms with E-state index in [0.29, 0.717) is 0 Å². The zero-order valence-electron chi connectivity index (χ0n) is 9.08. The van der Waals surface area contributed by atoms with Gasteiger partial charge in [-0.1, -0.05) is 0 Å². The van der Waals surface area contributed by atoms with Gasteiger partial charge >= 0.3 is 0 Å². The maximum Gasteiger partial charge on any atom is 0.0239 e. The molecule has 0 aliphatic carbocycles. The Balaban J connectivity index is 1.74. The van der Waals surface area contributed by atoms with Crippen LogP contribution in [0.1, 0.15) is 19.3 Å². The van der Waals surface area contributed by atoms with Crippen LogP contribution in [0.25, 0.3) is 0 Å². The molecule has 0 spiro atoms. The van der Waals surface area contributed by atoms with Crippen LogP contribution in [0.2, 0.25) is 0 Å². The normalized spacial score (nSPS) is 44.8. The molecule has 3 heteroatoms. The third-order valence-electron chi connectivity index (χ3n) is 4.18. The van der Waals surface area contributed by atoms with Crippen molar-refractivity contribution in [1.29, 1.82) is 0 Å². The standard InChI is InChI=1S/C11H21N3/c1-13-7-10-2-3-11(8-13)14(10)9-4-5-12-6-9/h9-12H,2-8H2,1H3/t9-,10?,11?/m1/s1. The van der Waals surface area contributed by atoms with Crippen LogP contribution < -0.4 is 5.32 Å². The van der Waals surface area contributed by atoms with E-state index >= 15 is 0 Å². The molecule has 0 aromatic rings. The lowest BCUT2D eigenvalue weighted by Gasteiger charge is -2.42. The highest BCUT2D eigenvalue weighted by atomic mass is 15.3. The van der Waals surface area contributed by atoms with Crippen molar-refractivity contribution in [2.24, 2.45) is 0 Å². The molecule has 0 radical (unpaired) electrons. The summed E-state index contributed by atoms with van der Waals surface area (Å²) in [5, 5.41) is 3.49. The predicted molar refractivity (Wildman–Crippen MR) is 57.4 cm³/mol. The van der Waals surface area contributed by atoms with Crippen LogP contribution in [0.15, 0.2) is 0 Å². The zero-order valence-corrected chi connectivity index (χ0v) is 9.08. The fourth-order valence-electron chi connectivity index (χ4n) is 3.64. The van der Waals surface area contributed by atoms with Gasteiger partial charge in [0.2, 0.25) is 0 Å². The number of rotatable bonds is 1. The van der Waals surface area contributed by atoms with Crippen LogP contribution in [0, 0.1) is 0 Å². The number of nitrogens with one attached hydrogen (secondary N) is 1. The molecule has 3 aliphatic heterocycles. The molecule has 3 nitrogen and oxygen atoms in total. The average molecular weight is 195 g/mol. The Labute approximate surface area is 86.4 Å². The molecule has 1 N–H and O–H groups in total. The van der Waals surface area contributed by atoms with E-state index in [1.165, 1.54) is 45.4 Å². The van der Waals surface area contributed by atoms with Crippen molar-refractivity contribution in [3.8, 4) is 0 Å². The molecular formula is C11H21N3. The Hall–Kier alpha value is -0.120. The molecule has 2 unspecified atom stereocenters. The minimum Gasteiger partial charge on any atom is -0.315 e. The van der Waals surface area contributed by atoms with E-state index in [1.807, 2.05) is 0 Å². The number of nitrogens with zero attached hydrogens (tertiary/aromatic N) is 2. The van der Waals surface area contributed by atoms with Gasteiger partial charge < -0.3 is 10.2 Å². The second-order valence-electron chi connectivity index (χ2n) is 5.20. The largest absolute Gasteiger partial charge is 0.315 e. The molecule has 2 bridgehead atoms. The van der Waals surface area contributed by atoms with Crippen LogP contribution in [-0.4, -0.2) is 61.2 Å². The summed E-state index contributed by atoms with van der Waals surface area (Å²) in [4.78, 5) is 5.35. The van der Waals surface area contributed by atoms with Gasteiger partial charge in [0.15, 0.2) is 0 Å². The van der Waals surface area contributed by atoms with Crippen LogP contribution >= 0.6 is 0 Å². The molecule has 80 valence electrons. The van der Waals surface area contributed by atoms with Crippen LogP contribution in [0.5, 0.6) is 0 Å². The minimum absolute atomic E-state index is 0.848. The summed E-state index contributed by atoms with van der Waals surface area (Å²) in [5.41, 5.74) is 0. The molecule has 0 aromatic carbocycles. The first-order chi connectivity index (χ1) is 6.84. The van der Waals surface area contributed by atoms with Gasteiger partial charge in [-0.15, -0.1) is 0 Å². The molecule has 3 aliphatic rings. The second kappa shape index (κ2) is 3.47. The summed E-state index contributed by atoms with van der Waals surface area (Å²) in [6.07, 6.45) is 4.24. The molecule has 0 aromatic heterocycles. The van der Waals surface area contributed by atoms with Crippen LogP contribution in [0.3, 0.4) is 0 Å². The van der Waals surface area contributed by atoms with Gasteiger partial charge in [-0.25, -0.2) is 0 Å². The topological polar surface area (TPSA) is 18.5 Å². The van der Waals surface area contributed by atoms with Gasteiger partial charge in [-0.2, -0.15) is 0 Å². The molecule has 3 fully saturated rings. The van der Waals surface area contributed by atoms with E-state index < -0.39 is 0 Å². The highest BCUT2D eigenvalue weighted by Gasteiger charge is 2.42. The Morgan fingerprint density at radius 2 is 1.71 bits per heavy atom. The van der Waals surface area contributed by atoms with E-state index in [-0.39, 0.29) is 0 Å². The Bertz CT molecular complexity index is 199. The summed E-state index contributed by atoms with van der Waals surface area (Å²) in [6, 6.07) is 2.58. The molecule has 0 amide bonds. The lowest BCUT2D eigenvalue weighted by atomic mass is 10.1. The lowest BCUT2D eigenvalue weighted by Crippen LogP contribution is -2.56. The maximum absolute atomic E-state index is 3.49. The fraction of sp³-hybridized carbons (Fsp3) is 1.00. The third kappa shape index (κ3) is 1.38. The molecular weight excluding hydrogens is 174 g/mol. The van der Waals surface area contributed by atoms with Crippen LogP contribution in [-0.2, 0) is 0 Å². The summed E-state index contributed by atoms with van der Waals surface area (Å²) in [6.45, 7) is 5.06. The number of piperazine rings is 1.